The van der Waals surface area contributed by atoms with Crippen LogP contribution in [-0.4, -0.2) is 58.1 Å². The first-order valence-electron chi connectivity index (χ1n) is 12.3. The summed E-state index contributed by atoms with van der Waals surface area (Å²) in [6.07, 6.45) is 1.32. The van der Waals surface area contributed by atoms with Gasteiger partial charge in [-0.3, -0.25) is 13.9 Å². The Morgan fingerprint density at radius 2 is 1.55 bits per heavy atom. The zero-order chi connectivity index (χ0) is 27.9. The lowest BCUT2D eigenvalue weighted by Gasteiger charge is -2.33. The number of hydrogen-bond acceptors (Lipinski definition) is 5. The molecule has 0 aliphatic carbocycles. The van der Waals surface area contributed by atoms with Crippen molar-refractivity contribution < 1.29 is 22.7 Å². The molecule has 1 N–H and O–H groups in total. The predicted molar refractivity (Wildman–Crippen MR) is 150 cm³/mol. The van der Waals surface area contributed by atoms with Crippen LogP contribution >= 0.6 is 0 Å². The minimum absolute atomic E-state index is 0.132. The number of rotatable bonds is 11. The van der Waals surface area contributed by atoms with Gasteiger partial charge in [0.15, 0.2) is 0 Å². The summed E-state index contributed by atoms with van der Waals surface area (Å²) in [5.74, 6) is -0.525. The summed E-state index contributed by atoms with van der Waals surface area (Å²) in [4.78, 5) is 28.6. The lowest BCUT2D eigenvalue weighted by molar-refractivity contribution is -0.139. The molecule has 0 saturated heterocycles. The quantitative estimate of drug-likeness (QED) is 0.404. The monoisotopic (exact) mass is 537 g/mol. The van der Waals surface area contributed by atoms with Gasteiger partial charge in [0.2, 0.25) is 21.8 Å². The van der Waals surface area contributed by atoms with E-state index in [0.717, 1.165) is 32.8 Å². The molecule has 0 spiro atoms. The predicted octanol–water partition coefficient (Wildman–Crippen LogP) is 3.46. The molecule has 0 aliphatic heterocycles. The second-order valence-corrected chi connectivity index (χ2v) is 11.2. The van der Waals surface area contributed by atoms with E-state index in [9.17, 15) is 18.0 Å². The third-order valence-corrected chi connectivity index (χ3v) is 7.40. The number of amides is 2. The van der Waals surface area contributed by atoms with Crippen molar-refractivity contribution in [2.75, 3.05) is 31.3 Å². The largest absolute Gasteiger partial charge is 0.495 e. The van der Waals surface area contributed by atoms with Crippen LogP contribution in [0, 0.1) is 13.8 Å². The van der Waals surface area contributed by atoms with E-state index in [1.54, 1.807) is 18.2 Å². The lowest BCUT2D eigenvalue weighted by Crippen LogP contribution is -2.52. The molecule has 0 saturated carbocycles. The number of methoxy groups -OCH3 is 1. The number of likely N-dealkylation sites (N-methyl/N-ethyl adjacent to an activating group) is 1. The number of nitrogens with zero attached hydrogens (tertiary/aromatic N) is 2. The number of ether oxygens (including phenoxy) is 1. The summed E-state index contributed by atoms with van der Waals surface area (Å²) in [7, 11) is -0.910. The summed E-state index contributed by atoms with van der Waals surface area (Å²) in [6.45, 7) is 3.43. The molecule has 2 amide bonds. The van der Waals surface area contributed by atoms with Crippen molar-refractivity contribution in [3.8, 4) is 5.75 Å². The van der Waals surface area contributed by atoms with Crippen LogP contribution in [0.25, 0.3) is 0 Å². The van der Waals surface area contributed by atoms with Gasteiger partial charge in [-0.1, -0.05) is 66.2 Å². The van der Waals surface area contributed by atoms with Gasteiger partial charge in [-0.25, -0.2) is 8.42 Å². The van der Waals surface area contributed by atoms with Gasteiger partial charge in [-0.2, -0.15) is 0 Å². The molecule has 0 unspecified atom stereocenters. The maximum atomic E-state index is 14.0. The Balaban J connectivity index is 2.06. The van der Waals surface area contributed by atoms with E-state index in [1.165, 1.54) is 19.1 Å². The molecule has 3 aromatic carbocycles. The van der Waals surface area contributed by atoms with Crippen LogP contribution in [0.15, 0.2) is 72.8 Å². The molecule has 3 aromatic rings. The first-order valence-corrected chi connectivity index (χ1v) is 14.1. The van der Waals surface area contributed by atoms with Crippen LogP contribution in [0.5, 0.6) is 5.75 Å². The Labute approximate surface area is 225 Å². The molecular weight excluding hydrogens is 502 g/mol. The number of benzene rings is 3. The highest BCUT2D eigenvalue weighted by atomic mass is 32.2. The topological polar surface area (TPSA) is 96.0 Å². The third kappa shape index (κ3) is 7.35. The van der Waals surface area contributed by atoms with Crippen LogP contribution in [0.3, 0.4) is 0 Å². The maximum Gasteiger partial charge on any atom is 0.244 e. The van der Waals surface area contributed by atoms with Gasteiger partial charge in [0.05, 0.1) is 19.1 Å². The summed E-state index contributed by atoms with van der Waals surface area (Å²) in [6, 6.07) is 21.4. The maximum absolute atomic E-state index is 14.0. The molecule has 0 radical (unpaired) electrons. The molecule has 0 bridgehead atoms. The number of sulfonamides is 1. The van der Waals surface area contributed by atoms with Gasteiger partial charge < -0.3 is 15.0 Å². The van der Waals surface area contributed by atoms with E-state index in [2.05, 4.69) is 5.32 Å². The van der Waals surface area contributed by atoms with E-state index < -0.39 is 28.5 Å². The van der Waals surface area contributed by atoms with Crippen molar-refractivity contribution in [3.63, 3.8) is 0 Å². The van der Waals surface area contributed by atoms with E-state index in [1.807, 2.05) is 68.4 Å². The highest BCUT2D eigenvalue weighted by Crippen LogP contribution is 2.31. The minimum Gasteiger partial charge on any atom is -0.495 e. The Kier molecular flexibility index (Phi) is 9.52. The molecular formula is C29H35N3O5S. The number of nitrogens with one attached hydrogen (secondary N) is 1. The second-order valence-electron chi connectivity index (χ2n) is 9.27. The van der Waals surface area contributed by atoms with E-state index in [0.29, 0.717) is 5.75 Å². The number of carbonyl (C=O) groups is 2. The van der Waals surface area contributed by atoms with Gasteiger partial charge in [0.25, 0.3) is 0 Å². The van der Waals surface area contributed by atoms with Gasteiger partial charge in [0.1, 0.15) is 18.3 Å². The zero-order valence-electron chi connectivity index (χ0n) is 22.5. The Morgan fingerprint density at radius 3 is 2.13 bits per heavy atom. The minimum atomic E-state index is -3.88. The highest BCUT2D eigenvalue weighted by molar-refractivity contribution is 7.92. The van der Waals surface area contributed by atoms with Crippen molar-refractivity contribution in [3.05, 3.63) is 95.1 Å². The van der Waals surface area contributed by atoms with E-state index in [4.69, 9.17) is 4.74 Å². The molecule has 3 rings (SSSR count). The SMILES string of the molecule is CNC(=O)[C@H](Cc1ccccc1)N(Cc1ccc(C)cc1)C(=O)CN(c1cc(C)ccc1OC)S(C)(=O)=O. The van der Waals surface area contributed by atoms with E-state index >= 15 is 0 Å². The molecule has 0 aromatic heterocycles. The van der Waals surface area contributed by atoms with Crippen LogP contribution < -0.4 is 14.4 Å². The molecule has 0 aliphatic rings. The molecule has 0 fully saturated rings. The normalized spacial score (nSPS) is 11.9. The summed E-state index contributed by atoms with van der Waals surface area (Å²) in [5.41, 5.74) is 3.84. The van der Waals surface area contributed by atoms with Gasteiger partial charge >= 0.3 is 0 Å². The van der Waals surface area contributed by atoms with Crippen LogP contribution in [0.1, 0.15) is 22.3 Å². The summed E-state index contributed by atoms with van der Waals surface area (Å²) in [5, 5.41) is 2.67. The molecule has 9 heteroatoms. The summed E-state index contributed by atoms with van der Waals surface area (Å²) < 4.78 is 32.3. The Morgan fingerprint density at radius 1 is 0.921 bits per heavy atom. The molecule has 0 heterocycles. The molecule has 1 atom stereocenters. The molecule has 38 heavy (non-hydrogen) atoms. The Hall–Kier alpha value is -3.85. The van der Waals surface area contributed by atoms with Crippen molar-refractivity contribution in [2.45, 2.75) is 32.9 Å². The molecule has 8 nitrogen and oxygen atoms in total. The zero-order valence-corrected chi connectivity index (χ0v) is 23.3. The fraction of sp³-hybridized carbons (Fsp3) is 0.310. The van der Waals surface area contributed by atoms with Gasteiger partial charge in [0, 0.05) is 20.0 Å². The third-order valence-electron chi connectivity index (χ3n) is 6.27. The summed E-state index contributed by atoms with van der Waals surface area (Å²) >= 11 is 0. The van der Waals surface area contributed by atoms with Crippen molar-refractivity contribution >= 4 is 27.5 Å². The second kappa shape index (κ2) is 12.6. The van der Waals surface area contributed by atoms with Crippen molar-refractivity contribution in [2.24, 2.45) is 0 Å². The van der Waals surface area contributed by atoms with E-state index in [-0.39, 0.29) is 24.6 Å². The van der Waals surface area contributed by atoms with Crippen molar-refractivity contribution in [1.29, 1.82) is 0 Å². The number of anilines is 1. The van der Waals surface area contributed by atoms with Crippen LogP contribution in [-0.2, 0) is 32.6 Å². The average Bonchev–Trinajstić information content (AvgIpc) is 2.89. The Bertz CT molecular complexity index is 1360. The number of carbonyl (C=O) groups excluding carboxylic acids is 2. The van der Waals surface area contributed by atoms with Gasteiger partial charge in [-0.15, -0.1) is 0 Å². The van der Waals surface area contributed by atoms with Crippen LogP contribution in [0.2, 0.25) is 0 Å². The average molecular weight is 538 g/mol. The fourth-order valence-electron chi connectivity index (χ4n) is 4.20. The standard InChI is InChI=1S/C29H35N3O5S/c1-21-11-14-24(15-12-21)19-31(26(29(34)30-3)18-23-9-7-6-8-10-23)28(33)20-32(38(5,35)36)25-17-22(2)13-16-27(25)37-4/h6-17,26H,18-20H2,1-5H3,(H,30,34)/t26-/m0/s1. The first-order chi connectivity index (χ1) is 18.0. The lowest BCUT2D eigenvalue weighted by atomic mass is 10.0. The first kappa shape index (κ1) is 28.7. The number of hydrogen-bond donors (Lipinski definition) is 1. The smallest absolute Gasteiger partial charge is 0.244 e. The highest BCUT2D eigenvalue weighted by Gasteiger charge is 2.33. The van der Waals surface area contributed by atoms with Crippen molar-refractivity contribution in [1.82, 2.24) is 10.2 Å². The molecule has 202 valence electrons. The number of aryl methyl sites for hydroxylation is 2. The van der Waals surface area contributed by atoms with Crippen LogP contribution in [0.4, 0.5) is 5.69 Å². The fourth-order valence-corrected chi connectivity index (χ4v) is 5.05. The van der Waals surface area contributed by atoms with Gasteiger partial charge in [-0.05, 0) is 42.7 Å².